The first-order chi connectivity index (χ1) is 9.54. The molecule has 0 spiro atoms. The molecule has 0 saturated carbocycles. The highest BCUT2D eigenvalue weighted by molar-refractivity contribution is 5.48. The van der Waals surface area contributed by atoms with Gasteiger partial charge in [-0.3, -0.25) is 0 Å². The fourth-order valence-electron chi connectivity index (χ4n) is 1.70. The lowest BCUT2D eigenvalue weighted by atomic mass is 9.95. The average molecular weight is 295 g/mol. The van der Waals surface area contributed by atoms with Crippen molar-refractivity contribution in [1.29, 1.82) is 0 Å². The third-order valence-electron chi connectivity index (χ3n) is 2.87. The van der Waals surface area contributed by atoms with Crippen molar-refractivity contribution < 1.29 is 9.47 Å². The fraction of sp³-hybridized carbons (Fsp3) is 0.750. The minimum atomic E-state index is -0.156. The lowest BCUT2D eigenvalue weighted by molar-refractivity contribution is -0.0169. The number of rotatable bonds is 5. The van der Waals surface area contributed by atoms with Gasteiger partial charge in [-0.15, -0.1) is 0 Å². The van der Waals surface area contributed by atoms with E-state index in [0.29, 0.717) is 19.1 Å². The first-order valence-electron chi connectivity index (χ1n) is 7.38. The molecule has 1 aromatic heterocycles. The fourth-order valence-corrected chi connectivity index (χ4v) is 1.70. The Morgan fingerprint density at radius 2 is 1.62 bits per heavy atom. The van der Waals surface area contributed by atoms with Crippen molar-refractivity contribution in [2.45, 2.75) is 59.5 Å². The molecule has 1 rings (SSSR count). The zero-order chi connectivity index (χ0) is 16.3. The predicted octanol–water partition coefficient (Wildman–Crippen LogP) is 3.32. The molecule has 0 atom stereocenters. The van der Waals surface area contributed by atoms with Gasteiger partial charge in [-0.05, 0) is 27.7 Å². The molecule has 0 saturated heterocycles. The van der Waals surface area contributed by atoms with Gasteiger partial charge in [0.05, 0.1) is 17.8 Å². The number of aromatic nitrogens is 2. The molecule has 5 nitrogen and oxygen atoms in total. The second-order valence-electron chi connectivity index (χ2n) is 7.14. The highest BCUT2D eigenvalue weighted by atomic mass is 16.5. The Morgan fingerprint density at radius 1 is 1.00 bits per heavy atom. The zero-order valence-electron chi connectivity index (χ0n) is 14.6. The molecule has 0 aromatic carbocycles. The van der Waals surface area contributed by atoms with Crippen molar-refractivity contribution in [2.75, 3.05) is 25.6 Å². The maximum Gasteiger partial charge on any atom is 0.221 e. The molecular formula is C16H29N3O2. The van der Waals surface area contributed by atoms with E-state index in [1.807, 2.05) is 34.7 Å². The molecule has 0 amide bonds. The molecule has 0 fully saturated rings. The van der Waals surface area contributed by atoms with Crippen LogP contribution in [0, 0.1) is 6.92 Å². The topological polar surface area (TPSA) is 56.3 Å². The van der Waals surface area contributed by atoms with Crippen LogP contribution in [0.25, 0.3) is 0 Å². The molecule has 0 aliphatic rings. The van der Waals surface area contributed by atoms with Crippen molar-refractivity contribution >= 4 is 5.82 Å². The van der Waals surface area contributed by atoms with Gasteiger partial charge in [0, 0.05) is 12.5 Å². The molecule has 0 bridgehead atoms. The maximum atomic E-state index is 5.79. The molecule has 1 aromatic rings. The van der Waals surface area contributed by atoms with Crippen LogP contribution >= 0.6 is 0 Å². The molecule has 1 N–H and O–H groups in total. The molecule has 120 valence electrons. The highest BCUT2D eigenvalue weighted by Gasteiger charge is 2.21. The van der Waals surface area contributed by atoms with E-state index in [9.17, 15) is 0 Å². The Morgan fingerprint density at radius 3 is 2.10 bits per heavy atom. The standard InChI is InChI=1S/C16H29N3O2/c1-11-12(17-8)18-14(15(2,3)4)19-13(11)20-9-10-21-16(5,6)7/h9-10H2,1-8H3,(H,17,18,19). The van der Waals surface area contributed by atoms with Crippen LogP contribution < -0.4 is 10.1 Å². The van der Waals surface area contributed by atoms with E-state index in [1.165, 1.54) is 0 Å². The van der Waals surface area contributed by atoms with Crippen LogP contribution in [0.15, 0.2) is 0 Å². The van der Waals surface area contributed by atoms with E-state index in [0.717, 1.165) is 17.2 Å². The first kappa shape index (κ1) is 17.7. The Bertz CT molecular complexity index is 474. The molecule has 0 aliphatic heterocycles. The van der Waals surface area contributed by atoms with Gasteiger partial charge >= 0.3 is 0 Å². The summed E-state index contributed by atoms with van der Waals surface area (Å²) < 4.78 is 11.5. The second kappa shape index (κ2) is 6.60. The normalized spacial score (nSPS) is 12.4. The third-order valence-corrected chi connectivity index (χ3v) is 2.87. The van der Waals surface area contributed by atoms with E-state index < -0.39 is 0 Å². The van der Waals surface area contributed by atoms with Crippen molar-refractivity contribution in [3.8, 4) is 5.88 Å². The summed E-state index contributed by atoms with van der Waals surface area (Å²) in [6.45, 7) is 15.3. The van der Waals surface area contributed by atoms with Crippen LogP contribution in [0.2, 0.25) is 0 Å². The number of hydrogen-bond acceptors (Lipinski definition) is 5. The summed E-state index contributed by atoms with van der Waals surface area (Å²) in [4.78, 5) is 9.11. The number of hydrogen-bond donors (Lipinski definition) is 1. The smallest absolute Gasteiger partial charge is 0.221 e. The van der Waals surface area contributed by atoms with Crippen LogP contribution in [0.5, 0.6) is 5.88 Å². The Labute approximate surface area is 128 Å². The van der Waals surface area contributed by atoms with Gasteiger partial charge in [0.15, 0.2) is 0 Å². The second-order valence-corrected chi connectivity index (χ2v) is 7.14. The number of anilines is 1. The van der Waals surface area contributed by atoms with Crippen molar-refractivity contribution in [3.05, 3.63) is 11.4 Å². The van der Waals surface area contributed by atoms with Crippen molar-refractivity contribution in [2.24, 2.45) is 0 Å². The monoisotopic (exact) mass is 295 g/mol. The van der Waals surface area contributed by atoms with Crippen LogP contribution in [-0.4, -0.2) is 35.8 Å². The van der Waals surface area contributed by atoms with E-state index >= 15 is 0 Å². The summed E-state index contributed by atoms with van der Waals surface area (Å²) >= 11 is 0. The van der Waals surface area contributed by atoms with Gasteiger partial charge in [0.2, 0.25) is 5.88 Å². The van der Waals surface area contributed by atoms with Gasteiger partial charge in [-0.25, -0.2) is 4.98 Å². The average Bonchev–Trinajstić information content (AvgIpc) is 2.33. The van der Waals surface area contributed by atoms with Gasteiger partial charge in [-0.2, -0.15) is 4.98 Å². The molecule has 0 radical (unpaired) electrons. The quantitative estimate of drug-likeness (QED) is 0.845. The highest BCUT2D eigenvalue weighted by Crippen LogP contribution is 2.27. The summed E-state index contributed by atoms with van der Waals surface area (Å²) in [6, 6.07) is 0. The van der Waals surface area contributed by atoms with E-state index in [4.69, 9.17) is 9.47 Å². The van der Waals surface area contributed by atoms with Crippen LogP contribution in [0.1, 0.15) is 52.9 Å². The van der Waals surface area contributed by atoms with E-state index in [-0.39, 0.29) is 11.0 Å². The molecule has 0 unspecified atom stereocenters. The van der Waals surface area contributed by atoms with E-state index in [1.54, 1.807) is 0 Å². The molecule has 1 heterocycles. The molecule has 21 heavy (non-hydrogen) atoms. The molecular weight excluding hydrogens is 266 g/mol. The Balaban J connectivity index is 2.86. The van der Waals surface area contributed by atoms with Gasteiger partial charge in [0.25, 0.3) is 0 Å². The van der Waals surface area contributed by atoms with Gasteiger partial charge in [-0.1, -0.05) is 20.8 Å². The lowest BCUT2D eigenvalue weighted by Crippen LogP contribution is -2.23. The number of nitrogens with one attached hydrogen (secondary N) is 1. The predicted molar refractivity (Wildman–Crippen MR) is 86.2 cm³/mol. The summed E-state index contributed by atoms with van der Waals surface area (Å²) in [7, 11) is 1.86. The Hall–Kier alpha value is -1.36. The number of nitrogens with zero attached hydrogens (tertiary/aromatic N) is 2. The zero-order valence-corrected chi connectivity index (χ0v) is 14.6. The number of ether oxygens (including phenoxy) is 2. The van der Waals surface area contributed by atoms with Crippen molar-refractivity contribution in [3.63, 3.8) is 0 Å². The Kier molecular flexibility index (Phi) is 5.56. The van der Waals surface area contributed by atoms with E-state index in [2.05, 4.69) is 36.1 Å². The van der Waals surface area contributed by atoms with Crippen LogP contribution in [0.4, 0.5) is 5.82 Å². The minimum Gasteiger partial charge on any atom is -0.475 e. The summed E-state index contributed by atoms with van der Waals surface area (Å²) in [6.07, 6.45) is 0. The minimum absolute atomic E-state index is 0.126. The summed E-state index contributed by atoms with van der Waals surface area (Å²) in [5, 5.41) is 3.10. The van der Waals surface area contributed by atoms with Crippen molar-refractivity contribution in [1.82, 2.24) is 9.97 Å². The summed E-state index contributed by atoms with van der Waals surface area (Å²) in [5.74, 6) is 2.20. The molecule has 0 aliphatic carbocycles. The third kappa shape index (κ3) is 5.50. The SMILES string of the molecule is CNc1nc(C(C)(C)C)nc(OCCOC(C)(C)C)c1C. The first-order valence-corrected chi connectivity index (χ1v) is 7.38. The lowest BCUT2D eigenvalue weighted by Gasteiger charge is -2.21. The van der Waals surface area contributed by atoms with Gasteiger partial charge in [0.1, 0.15) is 18.2 Å². The van der Waals surface area contributed by atoms with Gasteiger partial charge < -0.3 is 14.8 Å². The van der Waals surface area contributed by atoms with Crippen LogP contribution in [0.3, 0.4) is 0 Å². The van der Waals surface area contributed by atoms with Crippen LogP contribution in [-0.2, 0) is 10.2 Å². The molecule has 5 heteroatoms. The summed E-state index contributed by atoms with van der Waals surface area (Å²) in [5.41, 5.74) is 0.636. The largest absolute Gasteiger partial charge is 0.475 e. The maximum absolute atomic E-state index is 5.79.